The molecule has 112 valence electrons. The molecule has 0 aliphatic carbocycles. The number of halogens is 4. The van der Waals surface area contributed by atoms with Crippen LogP contribution in [0, 0.1) is 17.4 Å². The predicted octanol–water partition coefficient (Wildman–Crippen LogP) is -0.628. The molecule has 1 heterocycles. The van der Waals surface area contributed by atoms with Crippen molar-refractivity contribution < 1.29 is 64.3 Å². The molecule has 1 aromatic carbocycles. The van der Waals surface area contributed by atoms with Gasteiger partial charge in [0.1, 0.15) is 0 Å². The second kappa shape index (κ2) is 8.46. The van der Waals surface area contributed by atoms with Gasteiger partial charge in [-0.25, -0.2) is 0 Å². The number of nitrogens with one attached hydrogen (secondary N) is 1. The van der Waals surface area contributed by atoms with Crippen LogP contribution in [0.15, 0.2) is 6.07 Å². The Hall–Kier alpha value is 1.36. The van der Waals surface area contributed by atoms with Crippen molar-refractivity contribution in [1.29, 1.82) is 0 Å². The molecule has 0 atom stereocenters. The van der Waals surface area contributed by atoms with E-state index < -0.39 is 12.4 Å². The van der Waals surface area contributed by atoms with Crippen LogP contribution >= 0.6 is 22.6 Å². The Balaban J connectivity index is 0.00000220. The van der Waals surface area contributed by atoms with Crippen molar-refractivity contribution in [1.82, 2.24) is 10.2 Å². The van der Waals surface area contributed by atoms with E-state index in [1.165, 1.54) is 6.07 Å². The molecule has 0 amide bonds. The molecule has 1 saturated heterocycles. The maximum absolute atomic E-state index is 13.2. The van der Waals surface area contributed by atoms with Gasteiger partial charge in [-0.05, 0) is 47.6 Å². The minimum Gasteiger partial charge on any atom is -0.445 e. The minimum absolute atomic E-state index is 0. The third kappa shape index (κ3) is 5.17. The molecule has 0 unspecified atom stereocenters. The van der Waals surface area contributed by atoms with Crippen molar-refractivity contribution >= 4 is 35.0 Å². The van der Waals surface area contributed by atoms with Crippen LogP contribution in [0.25, 0.3) is 0 Å². The van der Waals surface area contributed by atoms with Crippen LogP contribution in [-0.2, 0) is 6.54 Å². The third-order valence-corrected chi connectivity index (χ3v) is 5.48. The van der Waals surface area contributed by atoms with Crippen LogP contribution in [-0.4, -0.2) is 38.1 Å². The Kier molecular flexibility index (Phi) is 8.22. The topological polar surface area (TPSA) is 15.3 Å². The summed E-state index contributed by atoms with van der Waals surface area (Å²) in [5, 5.41) is 3.25. The maximum atomic E-state index is 13.2. The Morgan fingerprint density at radius 1 is 1.19 bits per heavy atom. The summed E-state index contributed by atoms with van der Waals surface area (Å²) < 4.78 is 40.2. The molecule has 0 radical (unpaired) electrons. The summed E-state index contributed by atoms with van der Waals surface area (Å²) in [4.78, 5) is 2.21. The molecule has 1 aromatic rings. The normalized spacial score (nSPS) is 16.7. The number of benzene rings is 1. The molecule has 1 fully saturated rings. The molecular formula is C13H18BF3IKN2. The summed E-state index contributed by atoms with van der Waals surface area (Å²) in [6.45, 7) is 2.70. The SMILES string of the molecule is Cc1c(CN2CCNCC2)cc([B-](F)(F)F)c(C)c1I.[K+]. The fourth-order valence-corrected chi connectivity index (χ4v) is 3.23. The smallest absolute Gasteiger partial charge is 0.445 e. The van der Waals surface area contributed by atoms with Crippen LogP contribution in [0.3, 0.4) is 0 Å². The molecule has 1 N–H and O–H groups in total. The van der Waals surface area contributed by atoms with E-state index in [-0.39, 0.29) is 51.4 Å². The average Bonchev–Trinajstić information content (AvgIpc) is 2.39. The van der Waals surface area contributed by atoms with E-state index in [0.717, 1.165) is 40.9 Å². The van der Waals surface area contributed by atoms with Gasteiger partial charge in [-0.15, -0.1) is 5.46 Å². The zero-order chi connectivity index (χ0) is 14.9. The number of hydrogen-bond donors (Lipinski definition) is 1. The zero-order valence-corrected chi connectivity index (χ0v) is 17.9. The third-order valence-electron chi connectivity index (χ3n) is 3.86. The second-order valence-electron chi connectivity index (χ2n) is 5.29. The van der Waals surface area contributed by atoms with E-state index in [0.29, 0.717) is 12.1 Å². The molecule has 2 rings (SSSR count). The first kappa shape index (κ1) is 20.4. The maximum Gasteiger partial charge on any atom is 1.00 e. The summed E-state index contributed by atoms with van der Waals surface area (Å²) in [6.07, 6.45) is 0. The Labute approximate surface area is 180 Å². The van der Waals surface area contributed by atoms with Crippen LogP contribution < -0.4 is 62.2 Å². The standard InChI is InChI=1S/C13H18BF3IN2.K/c1-9-11(8-20-5-3-19-4-6-20)7-12(14(15,16)17)10(2)13(9)18;/h7,19H,3-6,8H2,1-2H3;/q-1;+1. The molecule has 21 heavy (non-hydrogen) atoms. The van der Waals surface area contributed by atoms with E-state index in [4.69, 9.17) is 0 Å². The molecule has 1 aliphatic heterocycles. The monoisotopic (exact) mass is 436 g/mol. The fourth-order valence-electron chi connectivity index (χ4n) is 2.57. The molecule has 0 aromatic heterocycles. The summed E-state index contributed by atoms with van der Waals surface area (Å²) >= 11 is 2.03. The molecule has 8 heteroatoms. The van der Waals surface area contributed by atoms with Crippen LogP contribution in [0.1, 0.15) is 16.7 Å². The predicted molar refractivity (Wildman–Crippen MR) is 85.5 cm³/mol. The van der Waals surface area contributed by atoms with Gasteiger partial charge >= 0.3 is 58.4 Å². The molecule has 1 aliphatic rings. The number of hydrogen-bond acceptors (Lipinski definition) is 2. The minimum atomic E-state index is -4.95. The van der Waals surface area contributed by atoms with Gasteiger partial charge < -0.3 is 18.3 Å². The van der Waals surface area contributed by atoms with E-state index in [9.17, 15) is 12.9 Å². The number of piperazine rings is 1. The van der Waals surface area contributed by atoms with Crippen molar-refractivity contribution in [3.8, 4) is 0 Å². The van der Waals surface area contributed by atoms with Gasteiger partial charge in [0.15, 0.2) is 0 Å². The summed E-state index contributed by atoms with van der Waals surface area (Å²) in [7, 11) is 0. The van der Waals surface area contributed by atoms with Gasteiger partial charge in [0.05, 0.1) is 0 Å². The summed E-state index contributed by atoms with van der Waals surface area (Å²) in [5.74, 6) is 0. The van der Waals surface area contributed by atoms with Crippen molar-refractivity contribution in [2.45, 2.75) is 20.4 Å². The Bertz CT molecular complexity index is 505. The quantitative estimate of drug-likeness (QED) is 0.502. The van der Waals surface area contributed by atoms with Gasteiger partial charge in [-0.3, -0.25) is 4.90 Å². The van der Waals surface area contributed by atoms with Gasteiger partial charge in [-0.1, -0.05) is 11.6 Å². The molecular weight excluding hydrogens is 418 g/mol. The molecule has 0 saturated carbocycles. The van der Waals surface area contributed by atoms with Crippen molar-refractivity contribution in [2.24, 2.45) is 0 Å². The molecule has 0 spiro atoms. The zero-order valence-electron chi connectivity index (χ0n) is 12.6. The van der Waals surface area contributed by atoms with E-state index in [2.05, 4.69) is 10.2 Å². The first-order valence-electron chi connectivity index (χ1n) is 6.72. The fraction of sp³-hybridized carbons (Fsp3) is 0.538. The van der Waals surface area contributed by atoms with Crippen molar-refractivity contribution in [2.75, 3.05) is 26.2 Å². The Morgan fingerprint density at radius 3 is 2.29 bits per heavy atom. The first-order valence-corrected chi connectivity index (χ1v) is 7.80. The summed E-state index contributed by atoms with van der Waals surface area (Å²) in [6, 6.07) is 1.36. The van der Waals surface area contributed by atoms with Gasteiger partial charge in [0.2, 0.25) is 0 Å². The van der Waals surface area contributed by atoms with Gasteiger partial charge in [-0.2, -0.15) is 0 Å². The largest absolute Gasteiger partial charge is 1.00 e. The second-order valence-corrected chi connectivity index (χ2v) is 6.37. The first-order chi connectivity index (χ1) is 9.30. The van der Waals surface area contributed by atoms with Crippen molar-refractivity contribution in [3.05, 3.63) is 26.3 Å². The van der Waals surface area contributed by atoms with Gasteiger partial charge in [0, 0.05) is 36.3 Å². The van der Waals surface area contributed by atoms with Crippen LogP contribution in [0.2, 0.25) is 0 Å². The molecule has 2 nitrogen and oxygen atoms in total. The van der Waals surface area contributed by atoms with Crippen LogP contribution in [0.4, 0.5) is 12.9 Å². The van der Waals surface area contributed by atoms with Crippen molar-refractivity contribution in [3.63, 3.8) is 0 Å². The van der Waals surface area contributed by atoms with E-state index in [1.807, 2.05) is 29.5 Å². The Morgan fingerprint density at radius 2 is 1.76 bits per heavy atom. The average molecular weight is 436 g/mol. The molecule has 0 bridgehead atoms. The van der Waals surface area contributed by atoms with Crippen LogP contribution in [0.5, 0.6) is 0 Å². The summed E-state index contributed by atoms with van der Waals surface area (Å²) in [5.41, 5.74) is 1.70. The number of nitrogens with zero attached hydrogens (tertiary/aromatic N) is 1. The van der Waals surface area contributed by atoms with Gasteiger partial charge in [0.25, 0.3) is 0 Å². The van der Waals surface area contributed by atoms with E-state index >= 15 is 0 Å². The van der Waals surface area contributed by atoms with E-state index in [1.54, 1.807) is 6.92 Å². The number of rotatable bonds is 3.